The van der Waals surface area contributed by atoms with E-state index in [9.17, 15) is 13.5 Å². The zero-order chi connectivity index (χ0) is 17.6. The maximum absolute atomic E-state index is 12.3. The second kappa shape index (κ2) is 7.92. The molecule has 130 valence electrons. The van der Waals surface area contributed by atoms with Crippen molar-refractivity contribution in [3.05, 3.63) is 65.7 Å². The first-order valence-corrected chi connectivity index (χ1v) is 9.41. The Labute approximate surface area is 144 Å². The van der Waals surface area contributed by atoms with Gasteiger partial charge in [-0.25, -0.2) is 0 Å². The van der Waals surface area contributed by atoms with Gasteiger partial charge in [0.15, 0.2) is 0 Å². The average Bonchev–Trinajstić information content (AvgIpc) is 2.56. The third kappa shape index (κ3) is 4.66. The smallest absolute Gasteiger partial charge is 0.296 e. The summed E-state index contributed by atoms with van der Waals surface area (Å²) in [6.45, 7) is 4.02. The van der Waals surface area contributed by atoms with Gasteiger partial charge in [0, 0.05) is 6.61 Å². The minimum Gasteiger partial charge on any atom is -0.396 e. The molecular formula is C19H24O4S. The zero-order valence-electron chi connectivity index (χ0n) is 14.1. The van der Waals surface area contributed by atoms with Gasteiger partial charge < -0.3 is 5.11 Å². The summed E-state index contributed by atoms with van der Waals surface area (Å²) in [5.41, 5.74) is 1.72. The first-order chi connectivity index (χ1) is 11.4. The maximum Gasteiger partial charge on any atom is 0.296 e. The van der Waals surface area contributed by atoms with Crippen molar-refractivity contribution < 1.29 is 17.7 Å². The molecule has 2 aromatic carbocycles. The van der Waals surface area contributed by atoms with Crippen LogP contribution in [0.15, 0.2) is 59.5 Å². The summed E-state index contributed by atoms with van der Waals surface area (Å²) in [6.07, 6.45) is 1.05. The fourth-order valence-electron chi connectivity index (χ4n) is 2.65. The Bertz CT molecular complexity index is 739. The number of rotatable bonds is 8. The minimum atomic E-state index is -3.76. The summed E-state index contributed by atoms with van der Waals surface area (Å²) in [4.78, 5) is 0.164. The van der Waals surface area contributed by atoms with E-state index in [1.807, 2.05) is 44.2 Å². The van der Waals surface area contributed by atoms with Crippen LogP contribution in [0.2, 0.25) is 0 Å². The van der Waals surface area contributed by atoms with Gasteiger partial charge in [-0.3, -0.25) is 4.18 Å². The number of hydrogen-bond acceptors (Lipinski definition) is 4. The quantitative estimate of drug-likeness (QED) is 0.742. The van der Waals surface area contributed by atoms with Gasteiger partial charge in [-0.05, 0) is 42.9 Å². The van der Waals surface area contributed by atoms with Crippen LogP contribution in [-0.4, -0.2) is 26.7 Å². The molecule has 0 aliphatic heterocycles. The Kier molecular flexibility index (Phi) is 6.15. The van der Waals surface area contributed by atoms with Gasteiger partial charge in [0.2, 0.25) is 0 Å². The third-order valence-corrected chi connectivity index (χ3v) is 5.66. The van der Waals surface area contributed by atoms with Gasteiger partial charge in [-0.15, -0.1) is 0 Å². The highest BCUT2D eigenvalue weighted by atomic mass is 32.2. The van der Waals surface area contributed by atoms with E-state index >= 15 is 0 Å². The molecule has 5 heteroatoms. The minimum absolute atomic E-state index is 0.0378. The summed E-state index contributed by atoms with van der Waals surface area (Å²) in [5, 5.41) is 9.37. The van der Waals surface area contributed by atoms with E-state index in [0.717, 1.165) is 11.1 Å². The molecule has 4 nitrogen and oxygen atoms in total. The first kappa shape index (κ1) is 18.6. The van der Waals surface area contributed by atoms with Crippen LogP contribution in [0.3, 0.4) is 0 Å². The molecule has 0 aliphatic carbocycles. The Balaban J connectivity index is 2.06. The molecule has 24 heavy (non-hydrogen) atoms. The molecule has 0 radical (unpaired) electrons. The monoisotopic (exact) mass is 348 g/mol. The molecule has 0 amide bonds. The lowest BCUT2D eigenvalue weighted by atomic mass is 9.77. The van der Waals surface area contributed by atoms with Crippen LogP contribution in [0.25, 0.3) is 0 Å². The maximum atomic E-state index is 12.3. The van der Waals surface area contributed by atoms with Crippen molar-refractivity contribution >= 4 is 10.1 Å². The van der Waals surface area contributed by atoms with Crippen molar-refractivity contribution in [2.45, 2.75) is 37.0 Å². The molecule has 0 bridgehead atoms. The number of hydrogen-bond donors (Lipinski definition) is 1. The fourth-order valence-corrected chi connectivity index (χ4v) is 3.56. The molecule has 2 rings (SSSR count). The zero-order valence-corrected chi connectivity index (χ0v) is 14.9. The average molecular weight is 348 g/mol. The molecule has 0 heterocycles. The van der Waals surface area contributed by atoms with Crippen molar-refractivity contribution in [2.75, 3.05) is 13.2 Å². The molecule has 1 N–H and O–H groups in total. The highest BCUT2D eigenvalue weighted by Crippen LogP contribution is 2.31. The van der Waals surface area contributed by atoms with Crippen LogP contribution in [0.4, 0.5) is 0 Å². The van der Waals surface area contributed by atoms with Crippen molar-refractivity contribution in [1.29, 1.82) is 0 Å². The molecular weight excluding hydrogens is 324 g/mol. The second-order valence-corrected chi connectivity index (χ2v) is 7.85. The van der Waals surface area contributed by atoms with Crippen LogP contribution >= 0.6 is 0 Å². The molecule has 1 atom stereocenters. The molecule has 1 unspecified atom stereocenters. The number of benzene rings is 2. The lowest BCUT2D eigenvalue weighted by Gasteiger charge is -2.29. The van der Waals surface area contributed by atoms with E-state index in [1.165, 1.54) is 0 Å². The van der Waals surface area contributed by atoms with E-state index in [4.69, 9.17) is 4.18 Å². The van der Waals surface area contributed by atoms with Crippen LogP contribution < -0.4 is 0 Å². The van der Waals surface area contributed by atoms with Crippen molar-refractivity contribution in [3.8, 4) is 0 Å². The van der Waals surface area contributed by atoms with Gasteiger partial charge in [0.1, 0.15) is 0 Å². The molecule has 0 saturated heterocycles. The summed E-state index contributed by atoms with van der Waals surface area (Å²) in [7, 11) is -3.76. The van der Waals surface area contributed by atoms with Crippen LogP contribution in [0.5, 0.6) is 0 Å². The van der Waals surface area contributed by atoms with Gasteiger partial charge in [-0.1, -0.05) is 55.0 Å². The highest BCUT2D eigenvalue weighted by Gasteiger charge is 2.27. The fraction of sp³-hybridized carbons (Fsp3) is 0.368. The predicted octanol–water partition coefficient (Wildman–Crippen LogP) is 3.43. The first-order valence-electron chi connectivity index (χ1n) is 8.00. The predicted molar refractivity (Wildman–Crippen MR) is 94.4 cm³/mol. The van der Waals surface area contributed by atoms with E-state index in [1.54, 1.807) is 24.3 Å². The summed E-state index contributed by atoms with van der Waals surface area (Å²) in [6, 6.07) is 16.4. The van der Waals surface area contributed by atoms with Crippen LogP contribution in [-0.2, 0) is 19.7 Å². The topological polar surface area (TPSA) is 63.6 Å². The van der Waals surface area contributed by atoms with Gasteiger partial charge in [0.05, 0.1) is 11.5 Å². The Hall–Kier alpha value is -1.69. The lowest BCUT2D eigenvalue weighted by Crippen LogP contribution is -2.26. The van der Waals surface area contributed by atoms with Crippen LogP contribution in [0.1, 0.15) is 30.9 Å². The van der Waals surface area contributed by atoms with Gasteiger partial charge >= 0.3 is 0 Å². The van der Waals surface area contributed by atoms with Crippen molar-refractivity contribution in [1.82, 2.24) is 0 Å². The number of aliphatic hydroxyl groups excluding tert-OH is 1. The molecule has 2 aromatic rings. The van der Waals surface area contributed by atoms with Crippen molar-refractivity contribution in [3.63, 3.8) is 0 Å². The van der Waals surface area contributed by atoms with E-state index in [0.29, 0.717) is 12.8 Å². The summed E-state index contributed by atoms with van der Waals surface area (Å²) >= 11 is 0. The number of aliphatic hydroxyl groups is 1. The second-order valence-electron chi connectivity index (χ2n) is 6.24. The van der Waals surface area contributed by atoms with E-state index in [-0.39, 0.29) is 23.5 Å². The molecule has 0 saturated carbocycles. The molecule has 0 aliphatic rings. The molecule has 0 aromatic heterocycles. The van der Waals surface area contributed by atoms with Crippen LogP contribution in [0, 0.1) is 6.92 Å². The van der Waals surface area contributed by atoms with E-state index < -0.39 is 10.1 Å². The van der Waals surface area contributed by atoms with Crippen molar-refractivity contribution in [2.24, 2.45) is 0 Å². The summed E-state index contributed by atoms with van der Waals surface area (Å²) < 4.78 is 29.7. The Morgan fingerprint density at radius 2 is 1.62 bits per heavy atom. The normalized spacial score (nSPS) is 14.3. The SMILES string of the molecule is Cc1ccc(S(=O)(=O)OCCC(C)(CCO)c2ccccc2)cc1. The largest absolute Gasteiger partial charge is 0.396 e. The lowest BCUT2D eigenvalue weighted by molar-refractivity contribution is 0.211. The molecule has 0 fully saturated rings. The third-order valence-electron chi connectivity index (χ3n) is 4.34. The van der Waals surface area contributed by atoms with Gasteiger partial charge in [-0.2, -0.15) is 8.42 Å². The Morgan fingerprint density at radius 3 is 2.21 bits per heavy atom. The summed E-state index contributed by atoms with van der Waals surface area (Å²) in [5.74, 6) is 0. The number of aryl methyl sites for hydroxylation is 1. The van der Waals surface area contributed by atoms with E-state index in [2.05, 4.69) is 0 Å². The Morgan fingerprint density at radius 1 is 1.00 bits per heavy atom. The van der Waals surface area contributed by atoms with Gasteiger partial charge in [0.25, 0.3) is 10.1 Å². The molecule has 0 spiro atoms. The highest BCUT2D eigenvalue weighted by molar-refractivity contribution is 7.86. The standard InChI is InChI=1S/C19H24O4S/c1-16-8-10-18(11-9-16)24(21,22)23-15-13-19(2,12-14-20)17-6-4-3-5-7-17/h3-11,20H,12-15H2,1-2H3.